The molecule has 172 valence electrons. The lowest BCUT2D eigenvalue weighted by molar-refractivity contribution is 0.309. The van der Waals surface area contributed by atoms with E-state index in [-0.39, 0.29) is 23.2 Å². The highest BCUT2D eigenvalue weighted by Crippen LogP contribution is 2.30. The number of sulfonamides is 1. The van der Waals surface area contributed by atoms with Crippen LogP contribution < -0.4 is 15.2 Å². The molecule has 0 aliphatic heterocycles. The molecule has 0 saturated carbocycles. The van der Waals surface area contributed by atoms with Crippen molar-refractivity contribution in [2.75, 3.05) is 17.1 Å². The molecular formula is C20H17ClF2N6O3S. The van der Waals surface area contributed by atoms with Gasteiger partial charge in [0, 0.05) is 11.3 Å². The van der Waals surface area contributed by atoms with Crippen LogP contribution in [0, 0.1) is 11.6 Å². The zero-order chi connectivity index (χ0) is 23.8. The minimum Gasteiger partial charge on any atom is -0.477 e. The second kappa shape index (κ2) is 8.79. The molecule has 0 spiro atoms. The number of nitrogens with one attached hydrogen (secondary N) is 2. The Hall–Kier alpha value is -3.51. The number of hydrogen-bond donors (Lipinski definition) is 3. The molecular weight excluding hydrogens is 478 g/mol. The van der Waals surface area contributed by atoms with Crippen molar-refractivity contribution in [2.45, 2.75) is 18.2 Å². The second-order valence-corrected chi connectivity index (χ2v) is 8.97. The molecule has 0 radical (unpaired) electrons. The number of hydrogen-bond acceptors (Lipinski definition) is 7. The third kappa shape index (κ3) is 4.52. The van der Waals surface area contributed by atoms with Crippen molar-refractivity contribution in [1.29, 1.82) is 0 Å². The zero-order valence-corrected chi connectivity index (χ0v) is 18.6. The van der Waals surface area contributed by atoms with E-state index in [0.717, 1.165) is 6.42 Å². The number of benzene rings is 2. The van der Waals surface area contributed by atoms with Crippen molar-refractivity contribution in [1.82, 2.24) is 20.2 Å². The van der Waals surface area contributed by atoms with Crippen LogP contribution in [0.1, 0.15) is 13.3 Å². The van der Waals surface area contributed by atoms with E-state index in [4.69, 9.17) is 22.1 Å². The SMILES string of the molecule is CCCOc1nc(-c2ccc(NS(=O)(=O)c3cc(F)c(F)cc3Cl)cc2)nc2n[nH]c(N)c12. The number of H-pyrrole nitrogens is 1. The predicted octanol–water partition coefficient (Wildman–Crippen LogP) is 4.12. The van der Waals surface area contributed by atoms with Crippen molar-refractivity contribution in [3.05, 3.63) is 53.1 Å². The molecule has 2 aromatic heterocycles. The molecule has 13 heteroatoms. The van der Waals surface area contributed by atoms with Gasteiger partial charge in [0.2, 0.25) is 5.88 Å². The molecule has 0 atom stereocenters. The molecule has 4 aromatic rings. The summed E-state index contributed by atoms with van der Waals surface area (Å²) in [5.41, 5.74) is 6.93. The summed E-state index contributed by atoms with van der Waals surface area (Å²) in [6, 6.07) is 7.18. The highest BCUT2D eigenvalue weighted by atomic mass is 35.5. The maximum Gasteiger partial charge on any atom is 0.263 e. The van der Waals surface area contributed by atoms with Gasteiger partial charge in [0.25, 0.3) is 10.0 Å². The smallest absolute Gasteiger partial charge is 0.263 e. The first kappa shape index (κ1) is 22.7. The number of ether oxygens (including phenoxy) is 1. The first-order chi connectivity index (χ1) is 15.7. The largest absolute Gasteiger partial charge is 0.477 e. The number of nitrogen functional groups attached to an aromatic ring is 1. The minimum atomic E-state index is -4.27. The van der Waals surface area contributed by atoms with Crippen LogP contribution in [0.4, 0.5) is 20.3 Å². The Labute approximate surface area is 192 Å². The third-order valence-corrected chi connectivity index (χ3v) is 6.36. The van der Waals surface area contributed by atoms with Gasteiger partial charge in [0.05, 0.1) is 11.6 Å². The first-order valence-electron chi connectivity index (χ1n) is 9.61. The monoisotopic (exact) mass is 494 g/mol. The standard InChI is InChI=1S/C20H17ClF2N6O3S/c1-2-7-32-20-16-17(24)27-28-19(16)25-18(26-20)10-3-5-11(6-4-10)29-33(30,31)15-9-14(23)13(22)8-12(15)21/h3-6,8-9,29H,2,7H2,1H3,(H3,24,25,26,27,28). The van der Waals surface area contributed by atoms with Crippen LogP contribution in [0.15, 0.2) is 41.3 Å². The van der Waals surface area contributed by atoms with Crippen molar-refractivity contribution in [2.24, 2.45) is 0 Å². The number of anilines is 2. The summed E-state index contributed by atoms with van der Waals surface area (Å²) >= 11 is 5.79. The molecule has 0 fully saturated rings. The summed E-state index contributed by atoms with van der Waals surface area (Å²) in [6.45, 7) is 2.37. The Morgan fingerprint density at radius 2 is 1.85 bits per heavy atom. The van der Waals surface area contributed by atoms with Gasteiger partial charge in [-0.2, -0.15) is 10.1 Å². The summed E-state index contributed by atoms with van der Waals surface area (Å²) in [5, 5.41) is 6.72. The maximum absolute atomic E-state index is 13.5. The van der Waals surface area contributed by atoms with E-state index in [9.17, 15) is 17.2 Å². The van der Waals surface area contributed by atoms with E-state index in [1.165, 1.54) is 12.1 Å². The van der Waals surface area contributed by atoms with E-state index in [0.29, 0.717) is 35.3 Å². The lowest BCUT2D eigenvalue weighted by atomic mass is 10.2. The number of nitrogens with two attached hydrogens (primary N) is 1. The van der Waals surface area contributed by atoms with Gasteiger partial charge in [-0.05, 0) is 42.8 Å². The average Bonchev–Trinajstić information content (AvgIpc) is 3.15. The van der Waals surface area contributed by atoms with Crippen molar-refractivity contribution < 1.29 is 21.9 Å². The van der Waals surface area contributed by atoms with Gasteiger partial charge in [-0.15, -0.1) is 0 Å². The quantitative estimate of drug-likeness (QED) is 0.329. The van der Waals surface area contributed by atoms with E-state index in [1.54, 1.807) is 12.1 Å². The normalized spacial score (nSPS) is 11.6. The fourth-order valence-corrected chi connectivity index (χ4v) is 4.54. The van der Waals surface area contributed by atoms with Crippen LogP contribution >= 0.6 is 11.6 Å². The van der Waals surface area contributed by atoms with Gasteiger partial charge in [-0.25, -0.2) is 22.2 Å². The Bertz CT molecular complexity index is 1440. The Morgan fingerprint density at radius 1 is 1.15 bits per heavy atom. The van der Waals surface area contributed by atoms with Crippen LogP contribution in [0.3, 0.4) is 0 Å². The highest BCUT2D eigenvalue weighted by molar-refractivity contribution is 7.92. The third-order valence-electron chi connectivity index (χ3n) is 4.51. The van der Waals surface area contributed by atoms with Crippen LogP contribution in [-0.2, 0) is 10.0 Å². The number of rotatable bonds is 7. The van der Waals surface area contributed by atoms with Gasteiger partial charge >= 0.3 is 0 Å². The number of nitrogens with zero attached hydrogens (tertiary/aromatic N) is 3. The van der Waals surface area contributed by atoms with Gasteiger partial charge < -0.3 is 10.5 Å². The van der Waals surface area contributed by atoms with Gasteiger partial charge in [0.15, 0.2) is 23.1 Å². The zero-order valence-electron chi connectivity index (χ0n) is 17.1. The molecule has 9 nitrogen and oxygen atoms in total. The maximum atomic E-state index is 13.5. The Balaban J connectivity index is 1.64. The molecule has 0 unspecified atom stereocenters. The molecule has 33 heavy (non-hydrogen) atoms. The molecule has 4 N–H and O–H groups in total. The van der Waals surface area contributed by atoms with E-state index in [2.05, 4.69) is 24.9 Å². The molecule has 0 amide bonds. The first-order valence-corrected chi connectivity index (χ1v) is 11.5. The van der Waals surface area contributed by atoms with Crippen molar-refractivity contribution in [3.8, 4) is 17.3 Å². The van der Waals surface area contributed by atoms with Crippen LogP contribution in [-0.4, -0.2) is 35.2 Å². The highest BCUT2D eigenvalue weighted by Gasteiger charge is 2.22. The summed E-state index contributed by atoms with van der Waals surface area (Å²) in [5.74, 6) is -1.73. The lowest BCUT2D eigenvalue weighted by Gasteiger charge is -2.11. The van der Waals surface area contributed by atoms with Crippen molar-refractivity contribution in [3.63, 3.8) is 0 Å². The fraction of sp³-hybridized carbons (Fsp3) is 0.150. The number of aromatic amines is 1. The molecule has 0 aliphatic carbocycles. The fourth-order valence-electron chi connectivity index (χ4n) is 2.95. The van der Waals surface area contributed by atoms with Gasteiger partial charge in [0.1, 0.15) is 16.1 Å². The molecule has 0 saturated heterocycles. The Kier molecular flexibility index (Phi) is 6.04. The van der Waals surface area contributed by atoms with Crippen LogP contribution in [0.25, 0.3) is 22.4 Å². The summed E-state index contributed by atoms with van der Waals surface area (Å²) in [6.07, 6.45) is 0.759. The van der Waals surface area contributed by atoms with E-state index in [1.807, 2.05) is 6.92 Å². The van der Waals surface area contributed by atoms with Gasteiger partial charge in [-0.1, -0.05) is 18.5 Å². The summed E-state index contributed by atoms with van der Waals surface area (Å²) in [7, 11) is -4.27. The van der Waals surface area contributed by atoms with E-state index >= 15 is 0 Å². The predicted molar refractivity (Wildman–Crippen MR) is 119 cm³/mol. The number of aromatic nitrogens is 4. The molecule has 2 aromatic carbocycles. The average molecular weight is 495 g/mol. The molecule has 2 heterocycles. The second-order valence-electron chi connectivity index (χ2n) is 6.92. The summed E-state index contributed by atoms with van der Waals surface area (Å²) in [4.78, 5) is 8.20. The number of halogens is 3. The molecule has 4 rings (SSSR count). The van der Waals surface area contributed by atoms with Crippen molar-refractivity contribution >= 4 is 44.2 Å². The lowest BCUT2D eigenvalue weighted by Crippen LogP contribution is -2.14. The van der Waals surface area contributed by atoms with Crippen LogP contribution in [0.5, 0.6) is 5.88 Å². The topological polar surface area (TPSA) is 136 Å². The minimum absolute atomic E-state index is 0.159. The van der Waals surface area contributed by atoms with Crippen LogP contribution in [0.2, 0.25) is 5.02 Å². The Morgan fingerprint density at radius 3 is 2.55 bits per heavy atom. The van der Waals surface area contributed by atoms with E-state index < -0.39 is 31.6 Å². The molecule has 0 bridgehead atoms. The summed E-state index contributed by atoms with van der Waals surface area (Å²) < 4.78 is 59.9. The molecule has 0 aliphatic rings. The number of fused-ring (bicyclic) bond motifs is 1. The van der Waals surface area contributed by atoms with Gasteiger partial charge in [-0.3, -0.25) is 9.82 Å².